The fraction of sp³-hybridized carbons (Fsp3) is 0.154. The first kappa shape index (κ1) is 13.1. The Morgan fingerprint density at radius 3 is 2.42 bits per heavy atom. The van der Waals surface area contributed by atoms with E-state index in [1.165, 1.54) is 12.3 Å². The first-order chi connectivity index (χ1) is 9.04. The van der Waals surface area contributed by atoms with E-state index in [0.29, 0.717) is 5.95 Å². The topological polar surface area (TPSA) is 50.2 Å². The number of hydrazone groups is 1. The molecule has 0 bridgehead atoms. The van der Waals surface area contributed by atoms with Crippen LogP contribution in [0, 0.1) is 25.5 Å². The van der Waals surface area contributed by atoms with Crippen LogP contribution in [0.5, 0.6) is 0 Å². The molecular formula is C13H12F2N4. The summed E-state index contributed by atoms with van der Waals surface area (Å²) in [5, 5.41) is 3.82. The highest BCUT2D eigenvalue weighted by Crippen LogP contribution is 2.07. The Labute approximate surface area is 109 Å². The van der Waals surface area contributed by atoms with Gasteiger partial charge in [-0.05, 0) is 32.0 Å². The predicted octanol–water partition coefficient (Wildman–Crippen LogP) is 2.82. The molecule has 1 aromatic carbocycles. The minimum atomic E-state index is -0.674. The number of halogens is 2. The summed E-state index contributed by atoms with van der Waals surface area (Å²) in [6.07, 6.45) is 1.25. The van der Waals surface area contributed by atoms with Gasteiger partial charge in [-0.25, -0.2) is 24.2 Å². The molecule has 0 amide bonds. The van der Waals surface area contributed by atoms with Crippen LogP contribution in [0.15, 0.2) is 29.4 Å². The standard InChI is InChI=1S/C13H12F2N4/c1-8-5-9(2)18-13(17-8)19-16-7-10-3-4-11(14)6-12(10)15/h3-7H,1-2H3,(H,17,18,19)/b16-7+. The van der Waals surface area contributed by atoms with Crippen molar-refractivity contribution in [1.29, 1.82) is 0 Å². The molecule has 0 unspecified atom stereocenters. The lowest BCUT2D eigenvalue weighted by molar-refractivity contribution is 0.582. The summed E-state index contributed by atoms with van der Waals surface area (Å²) in [4.78, 5) is 8.22. The maximum absolute atomic E-state index is 13.3. The third kappa shape index (κ3) is 3.54. The van der Waals surface area contributed by atoms with Crippen LogP contribution >= 0.6 is 0 Å². The molecule has 0 saturated heterocycles. The highest BCUT2D eigenvalue weighted by molar-refractivity contribution is 5.80. The highest BCUT2D eigenvalue weighted by atomic mass is 19.1. The van der Waals surface area contributed by atoms with Crippen molar-refractivity contribution in [2.24, 2.45) is 5.10 Å². The van der Waals surface area contributed by atoms with Crippen molar-refractivity contribution in [2.75, 3.05) is 5.43 Å². The second-order valence-electron chi connectivity index (χ2n) is 4.01. The van der Waals surface area contributed by atoms with Crippen LogP contribution in [0.3, 0.4) is 0 Å². The number of nitrogens with zero attached hydrogens (tertiary/aromatic N) is 3. The van der Waals surface area contributed by atoms with E-state index in [1.54, 1.807) is 0 Å². The molecule has 6 heteroatoms. The number of rotatable bonds is 3. The Morgan fingerprint density at radius 1 is 1.11 bits per heavy atom. The van der Waals surface area contributed by atoms with Gasteiger partial charge < -0.3 is 0 Å². The van der Waals surface area contributed by atoms with Crippen LogP contribution < -0.4 is 5.43 Å². The Morgan fingerprint density at radius 2 is 1.79 bits per heavy atom. The molecule has 0 fully saturated rings. The summed E-state index contributed by atoms with van der Waals surface area (Å²) in [7, 11) is 0. The molecule has 0 spiro atoms. The number of hydrogen-bond donors (Lipinski definition) is 1. The maximum atomic E-state index is 13.3. The Kier molecular flexibility index (Phi) is 3.79. The lowest BCUT2D eigenvalue weighted by atomic mass is 10.2. The highest BCUT2D eigenvalue weighted by Gasteiger charge is 2.01. The summed E-state index contributed by atoms with van der Waals surface area (Å²) >= 11 is 0. The molecule has 0 aliphatic rings. The van der Waals surface area contributed by atoms with Crippen LogP contribution in [0.1, 0.15) is 17.0 Å². The van der Waals surface area contributed by atoms with Crippen LogP contribution in [0.4, 0.5) is 14.7 Å². The van der Waals surface area contributed by atoms with Crippen molar-refractivity contribution < 1.29 is 8.78 Å². The molecule has 0 aliphatic carbocycles. The second kappa shape index (κ2) is 5.51. The van der Waals surface area contributed by atoms with Crippen molar-refractivity contribution in [3.63, 3.8) is 0 Å². The fourth-order valence-corrected chi connectivity index (χ4v) is 1.54. The molecule has 2 aromatic rings. The molecular weight excluding hydrogens is 250 g/mol. The van der Waals surface area contributed by atoms with Gasteiger partial charge in [0.2, 0.25) is 5.95 Å². The lowest BCUT2D eigenvalue weighted by Crippen LogP contribution is -2.00. The Bertz CT molecular complexity index is 606. The number of nitrogens with one attached hydrogen (secondary N) is 1. The predicted molar refractivity (Wildman–Crippen MR) is 69.1 cm³/mol. The van der Waals surface area contributed by atoms with E-state index >= 15 is 0 Å². The largest absolute Gasteiger partial charge is 0.245 e. The smallest absolute Gasteiger partial charge is 0.243 e. The average Bonchev–Trinajstić information content (AvgIpc) is 2.30. The van der Waals surface area contributed by atoms with E-state index in [9.17, 15) is 8.78 Å². The number of aryl methyl sites for hydroxylation is 2. The third-order valence-electron chi connectivity index (χ3n) is 2.31. The van der Waals surface area contributed by atoms with Gasteiger partial charge in [-0.1, -0.05) is 0 Å². The number of hydrogen-bond acceptors (Lipinski definition) is 4. The molecule has 1 N–H and O–H groups in total. The summed E-state index contributed by atoms with van der Waals surface area (Å²) in [5.74, 6) is -0.969. The van der Waals surface area contributed by atoms with E-state index in [0.717, 1.165) is 23.5 Å². The minimum Gasteiger partial charge on any atom is -0.245 e. The first-order valence-corrected chi connectivity index (χ1v) is 5.61. The van der Waals surface area contributed by atoms with Gasteiger partial charge in [-0.2, -0.15) is 5.10 Å². The summed E-state index contributed by atoms with van der Waals surface area (Å²) in [6.45, 7) is 3.67. The number of benzene rings is 1. The molecule has 1 aromatic heterocycles. The van der Waals surface area contributed by atoms with Gasteiger partial charge in [-0.3, -0.25) is 0 Å². The van der Waals surface area contributed by atoms with Crippen LogP contribution in [-0.4, -0.2) is 16.2 Å². The maximum Gasteiger partial charge on any atom is 0.243 e. The van der Waals surface area contributed by atoms with Gasteiger partial charge in [0.25, 0.3) is 0 Å². The molecule has 2 rings (SSSR count). The van der Waals surface area contributed by atoms with Gasteiger partial charge in [0.1, 0.15) is 11.6 Å². The lowest BCUT2D eigenvalue weighted by Gasteiger charge is -2.01. The molecule has 0 aliphatic heterocycles. The minimum absolute atomic E-state index is 0.179. The van der Waals surface area contributed by atoms with Gasteiger partial charge in [0, 0.05) is 23.0 Å². The third-order valence-corrected chi connectivity index (χ3v) is 2.31. The monoisotopic (exact) mass is 262 g/mol. The molecule has 19 heavy (non-hydrogen) atoms. The summed E-state index contributed by atoms with van der Waals surface area (Å²) in [6, 6.07) is 5.10. The van der Waals surface area contributed by atoms with Crippen molar-refractivity contribution in [3.8, 4) is 0 Å². The molecule has 0 atom stereocenters. The molecule has 4 nitrogen and oxygen atoms in total. The van der Waals surface area contributed by atoms with Crippen LogP contribution in [0.2, 0.25) is 0 Å². The number of aromatic nitrogens is 2. The van der Waals surface area contributed by atoms with E-state index in [-0.39, 0.29) is 5.56 Å². The van der Waals surface area contributed by atoms with E-state index in [4.69, 9.17) is 0 Å². The van der Waals surface area contributed by atoms with E-state index < -0.39 is 11.6 Å². The average molecular weight is 262 g/mol. The zero-order chi connectivity index (χ0) is 13.8. The molecule has 98 valence electrons. The van der Waals surface area contributed by atoms with Gasteiger partial charge in [0.05, 0.1) is 6.21 Å². The summed E-state index contributed by atoms with van der Waals surface area (Å²) < 4.78 is 26.0. The van der Waals surface area contributed by atoms with Crippen LogP contribution in [-0.2, 0) is 0 Å². The van der Waals surface area contributed by atoms with Crippen molar-refractivity contribution in [3.05, 3.63) is 52.9 Å². The zero-order valence-electron chi connectivity index (χ0n) is 10.5. The summed E-state index contributed by atoms with van der Waals surface area (Å²) in [5.41, 5.74) is 4.39. The SMILES string of the molecule is Cc1cc(C)nc(N/N=C/c2ccc(F)cc2F)n1. The van der Waals surface area contributed by atoms with E-state index in [1.807, 2.05) is 19.9 Å². The number of anilines is 1. The Balaban J connectivity index is 2.11. The Hall–Kier alpha value is -2.37. The van der Waals surface area contributed by atoms with Crippen molar-refractivity contribution in [2.45, 2.75) is 13.8 Å². The molecule has 1 heterocycles. The molecule has 0 radical (unpaired) electrons. The quantitative estimate of drug-likeness (QED) is 0.683. The van der Waals surface area contributed by atoms with Crippen molar-refractivity contribution in [1.82, 2.24) is 9.97 Å². The van der Waals surface area contributed by atoms with E-state index in [2.05, 4.69) is 20.5 Å². The van der Waals surface area contributed by atoms with Crippen LogP contribution in [0.25, 0.3) is 0 Å². The zero-order valence-corrected chi connectivity index (χ0v) is 10.5. The van der Waals surface area contributed by atoms with Gasteiger partial charge in [0.15, 0.2) is 0 Å². The van der Waals surface area contributed by atoms with Crippen molar-refractivity contribution >= 4 is 12.2 Å². The van der Waals surface area contributed by atoms with Gasteiger partial charge in [-0.15, -0.1) is 0 Å². The second-order valence-corrected chi connectivity index (χ2v) is 4.01. The normalized spacial score (nSPS) is 10.9. The fourth-order valence-electron chi connectivity index (χ4n) is 1.54. The molecule has 0 saturated carbocycles. The first-order valence-electron chi connectivity index (χ1n) is 5.61. The van der Waals surface area contributed by atoms with Gasteiger partial charge >= 0.3 is 0 Å².